The normalized spacial score (nSPS) is 13.6. The molecule has 4 aromatic rings. The number of aromatic carboxylic acids is 1. The second-order valence-electron chi connectivity index (χ2n) is 17.1. The zero-order valence-electron chi connectivity index (χ0n) is 39.8. The molecule has 0 saturated carbocycles. The molecule has 5 rings (SSSR count). The van der Waals surface area contributed by atoms with Crippen LogP contribution in [0.15, 0.2) is 60.8 Å². The van der Waals surface area contributed by atoms with Crippen molar-refractivity contribution in [2.45, 2.75) is 84.0 Å². The van der Waals surface area contributed by atoms with Crippen molar-refractivity contribution < 1.29 is 53.3 Å². The van der Waals surface area contributed by atoms with Gasteiger partial charge < -0.3 is 62.8 Å². The summed E-state index contributed by atoms with van der Waals surface area (Å²) in [5, 5.41) is 32.7. The molecule has 0 bridgehead atoms. The highest BCUT2D eigenvalue weighted by molar-refractivity contribution is 6.06. The van der Waals surface area contributed by atoms with E-state index in [1.165, 1.54) is 43.5 Å². The van der Waals surface area contributed by atoms with Gasteiger partial charge in [0, 0.05) is 49.6 Å². The third-order valence-electron chi connectivity index (χ3n) is 11.2. The van der Waals surface area contributed by atoms with E-state index in [1.807, 2.05) is 4.90 Å². The number of hydrogen-bond acceptors (Lipinski definition) is 16. The van der Waals surface area contributed by atoms with Gasteiger partial charge in [0.25, 0.3) is 11.8 Å². The summed E-state index contributed by atoms with van der Waals surface area (Å²) in [6, 6.07) is 6.63. The molecule has 71 heavy (non-hydrogen) atoms. The molecule has 11 N–H and O–H groups in total. The van der Waals surface area contributed by atoms with E-state index < -0.39 is 59.3 Å². The molecule has 2 aromatic heterocycles. The maximum Gasteiger partial charge on any atom is 0.336 e. The van der Waals surface area contributed by atoms with Gasteiger partial charge in [0.1, 0.15) is 24.9 Å². The average molecular weight is 982 g/mol. The van der Waals surface area contributed by atoms with E-state index in [4.69, 9.17) is 16.2 Å². The van der Waals surface area contributed by atoms with Gasteiger partial charge in [0.2, 0.25) is 29.6 Å². The highest BCUT2D eigenvalue weighted by Crippen LogP contribution is 2.20. The third kappa shape index (κ3) is 15.6. The van der Waals surface area contributed by atoms with E-state index in [2.05, 4.69) is 46.5 Å². The average Bonchev–Trinajstić information content (AvgIpc) is 3.54. The summed E-state index contributed by atoms with van der Waals surface area (Å²) in [5.41, 5.74) is 13.0. The lowest BCUT2D eigenvalue weighted by Gasteiger charge is -2.24. The molecule has 1 aliphatic heterocycles. The van der Waals surface area contributed by atoms with Crippen molar-refractivity contribution in [1.29, 1.82) is 0 Å². The second-order valence-corrected chi connectivity index (χ2v) is 17.1. The Labute approximate surface area is 408 Å². The number of carboxylic acids is 2. The van der Waals surface area contributed by atoms with Crippen molar-refractivity contribution in [3.8, 4) is 0 Å². The monoisotopic (exact) mass is 981 g/mol. The lowest BCUT2D eigenvalue weighted by Crippen LogP contribution is -2.53. The van der Waals surface area contributed by atoms with Gasteiger partial charge >= 0.3 is 11.9 Å². The summed E-state index contributed by atoms with van der Waals surface area (Å²) >= 11 is 0. The Morgan fingerprint density at radius 1 is 0.859 bits per heavy atom. The number of nitrogens with two attached hydrogens (primary N) is 2. The molecule has 2 aromatic carbocycles. The molecule has 0 spiro atoms. The predicted molar refractivity (Wildman–Crippen MR) is 260 cm³/mol. The minimum absolute atomic E-state index is 0.0176. The third-order valence-corrected chi connectivity index (χ3v) is 11.2. The minimum atomic E-state index is -1.47. The summed E-state index contributed by atoms with van der Waals surface area (Å²) < 4.78 is 5.35. The van der Waals surface area contributed by atoms with Crippen molar-refractivity contribution in [1.82, 2.24) is 46.1 Å². The number of carboxylic acid groups (broad SMARTS) is 2. The van der Waals surface area contributed by atoms with Crippen LogP contribution in [0.3, 0.4) is 0 Å². The molecule has 6 amide bonds. The van der Waals surface area contributed by atoms with Crippen LogP contribution in [0.2, 0.25) is 0 Å². The highest BCUT2D eigenvalue weighted by atomic mass is 16.5. The van der Waals surface area contributed by atoms with Crippen LogP contribution in [0.25, 0.3) is 11.2 Å². The van der Waals surface area contributed by atoms with Crippen LogP contribution in [0.1, 0.15) is 96.1 Å². The quantitative estimate of drug-likeness (QED) is 0.0452. The molecule has 3 heterocycles. The minimum Gasteiger partial charge on any atom is -0.480 e. The van der Waals surface area contributed by atoms with Gasteiger partial charge in [-0.05, 0) is 81.0 Å². The number of nitrogens with zero attached hydrogens (tertiary/aromatic N) is 6. The number of hydrogen-bond donors (Lipinski definition) is 9. The highest BCUT2D eigenvalue weighted by Gasteiger charge is 2.28. The summed E-state index contributed by atoms with van der Waals surface area (Å²) in [6.07, 6.45) is 6.69. The van der Waals surface area contributed by atoms with Crippen molar-refractivity contribution in [3.63, 3.8) is 0 Å². The number of fused-ring (bicyclic) bond motifs is 1. The number of aliphatic carboxylic acids is 1. The fourth-order valence-corrected chi connectivity index (χ4v) is 7.25. The number of anilines is 4. The molecule has 3 atom stereocenters. The number of carbonyl (C=O) groups is 8. The smallest absolute Gasteiger partial charge is 0.336 e. The van der Waals surface area contributed by atoms with E-state index in [0.29, 0.717) is 55.9 Å². The molecule has 378 valence electrons. The first kappa shape index (κ1) is 53.7. The predicted octanol–water partition coefficient (Wildman–Crippen LogP) is 1.83. The number of rotatable bonds is 24. The molecule has 24 heteroatoms. The SMILES string of the molecule is CC(C)[C@H](NC(=O)CCCCCN1COCC=CC1=O)C(=O)N[C@@H](C)C(=O)Nc1ccc(C(=O)NCCC[C@H](NC(=O)c2ccc(N(C)Cc3cnc4nc(N)nc(N)c4n3)cc2)C(=O)O)c(C(=O)O)c1. The fraction of sp³-hybridized carbons (Fsp3) is 0.404. The number of nitrogens with one attached hydrogen (secondary N) is 5. The first-order chi connectivity index (χ1) is 33.8. The Kier molecular flexibility index (Phi) is 19.2. The lowest BCUT2D eigenvalue weighted by molar-refractivity contribution is -0.139. The van der Waals surface area contributed by atoms with Gasteiger partial charge in [-0.25, -0.2) is 19.6 Å². The molecule has 0 fully saturated rings. The molecule has 24 nitrogen and oxygen atoms in total. The van der Waals surface area contributed by atoms with Gasteiger partial charge in [-0.1, -0.05) is 26.3 Å². The number of unbranched alkanes of at least 4 members (excludes halogenated alkanes) is 2. The molecule has 0 radical (unpaired) electrons. The maximum absolute atomic E-state index is 13.2. The zero-order chi connectivity index (χ0) is 51.8. The van der Waals surface area contributed by atoms with Gasteiger partial charge in [-0.3, -0.25) is 28.8 Å². The van der Waals surface area contributed by atoms with Crippen molar-refractivity contribution in [2.75, 3.05) is 55.2 Å². The Bertz CT molecular complexity index is 2650. The fourth-order valence-electron chi connectivity index (χ4n) is 7.25. The van der Waals surface area contributed by atoms with E-state index in [9.17, 15) is 48.6 Å². The summed E-state index contributed by atoms with van der Waals surface area (Å²) in [6.45, 7) is 6.20. The van der Waals surface area contributed by atoms with Crippen LogP contribution in [0, 0.1) is 5.92 Å². The summed E-state index contributed by atoms with van der Waals surface area (Å²) in [7, 11) is 1.80. The van der Waals surface area contributed by atoms with Crippen molar-refractivity contribution >= 4 is 81.7 Å². The topological polar surface area (TPSA) is 356 Å². The Morgan fingerprint density at radius 3 is 2.31 bits per heavy atom. The lowest BCUT2D eigenvalue weighted by atomic mass is 10.0. The number of amides is 6. The van der Waals surface area contributed by atoms with Gasteiger partial charge in [-0.2, -0.15) is 9.97 Å². The molecule has 0 aliphatic carbocycles. The van der Waals surface area contributed by atoms with Crippen LogP contribution >= 0.6 is 0 Å². The molecule has 0 unspecified atom stereocenters. The van der Waals surface area contributed by atoms with Gasteiger partial charge in [-0.15, -0.1) is 0 Å². The first-order valence-corrected chi connectivity index (χ1v) is 22.8. The Morgan fingerprint density at radius 2 is 1.61 bits per heavy atom. The second kappa shape index (κ2) is 25.4. The number of aromatic nitrogens is 4. The van der Waals surface area contributed by atoms with Gasteiger partial charge in [0.05, 0.1) is 36.2 Å². The maximum atomic E-state index is 13.2. The number of benzene rings is 2. The van der Waals surface area contributed by atoms with Crippen LogP contribution < -0.4 is 43.0 Å². The van der Waals surface area contributed by atoms with E-state index in [0.717, 1.165) is 6.07 Å². The van der Waals surface area contributed by atoms with E-state index >= 15 is 0 Å². The summed E-state index contributed by atoms with van der Waals surface area (Å²) in [5.74, 6) is -6.22. The largest absolute Gasteiger partial charge is 0.480 e. The van der Waals surface area contributed by atoms with Crippen LogP contribution in [-0.2, 0) is 35.3 Å². The summed E-state index contributed by atoms with van der Waals surface area (Å²) in [4.78, 5) is 122. The van der Waals surface area contributed by atoms with E-state index in [1.54, 1.807) is 44.0 Å². The Hall–Kier alpha value is -8.28. The van der Waals surface area contributed by atoms with E-state index in [-0.39, 0.29) is 84.5 Å². The first-order valence-electron chi connectivity index (χ1n) is 22.8. The zero-order valence-corrected chi connectivity index (χ0v) is 39.8. The van der Waals surface area contributed by atoms with Crippen molar-refractivity contribution in [3.05, 3.63) is 83.2 Å². The van der Waals surface area contributed by atoms with Crippen LogP contribution in [0.5, 0.6) is 0 Å². The number of ether oxygens (including phenoxy) is 1. The van der Waals surface area contributed by atoms with Crippen molar-refractivity contribution in [2.24, 2.45) is 5.92 Å². The number of carbonyl (C=O) groups excluding carboxylic acids is 6. The molecular formula is C47H59N13O11. The number of nitrogen functional groups attached to an aromatic ring is 2. The molecule has 0 saturated heterocycles. The van der Waals surface area contributed by atoms with Gasteiger partial charge in [0.15, 0.2) is 17.0 Å². The molecular weight excluding hydrogens is 923 g/mol. The van der Waals surface area contributed by atoms with Crippen LogP contribution in [-0.4, -0.2) is 134 Å². The molecule has 1 aliphatic rings. The van der Waals surface area contributed by atoms with Crippen LogP contribution in [0.4, 0.5) is 23.1 Å². The standard InChI is InChI=1S/C47H59N13O11/c1-26(2)37(56-35(61)11-6-5-7-20-60-25-71-21-9-12-36(60)62)44(66)52-27(3)41(63)54-29-15-18-32(33(22-29)45(67)68)43(65)50-19-8-10-34(46(69)70)55-42(64)28-13-16-31(17-14-28)59(4)24-30-23-51-40-38(53-30)39(48)57-47(49)58-40/h9,12-18,22-23,26-27,34,37H,5-8,10-11,19-21,24-25H2,1-4H3,(H,50,65)(H,52,66)(H,54,63)(H,55,64)(H,56,61)(H,67,68)(H,69,70)(H4,48,49,51,57,58)/t27-,34-,37-/m0/s1. The Balaban J connectivity index is 1.05.